The molecule has 0 spiro atoms. The first kappa shape index (κ1) is 10.0. The number of nitrogens with zero attached hydrogens (tertiary/aromatic N) is 2. The van der Waals surface area contributed by atoms with E-state index in [0.717, 1.165) is 16.3 Å². The van der Waals surface area contributed by atoms with E-state index in [2.05, 4.69) is 5.10 Å². The summed E-state index contributed by atoms with van der Waals surface area (Å²) in [5.41, 5.74) is 0.801. The van der Waals surface area contributed by atoms with Gasteiger partial charge in [0.15, 0.2) is 0 Å². The second-order valence-electron chi connectivity index (χ2n) is 3.55. The molecule has 4 nitrogen and oxygen atoms in total. The van der Waals surface area contributed by atoms with Crippen molar-refractivity contribution in [3.8, 4) is 0 Å². The second-order valence-corrected chi connectivity index (χ2v) is 4.66. The zero-order valence-corrected chi connectivity index (χ0v) is 9.52. The number of pyridine rings is 1. The SMILES string of the molecule is O=c1ccc2ccnn2/c1=c1/cc/c(=C/O)s1. The average Bonchev–Trinajstić information content (AvgIpc) is 2.96. The molecule has 84 valence electrons. The summed E-state index contributed by atoms with van der Waals surface area (Å²) < 4.78 is 3.13. The summed E-state index contributed by atoms with van der Waals surface area (Å²) in [5.74, 6) is 0. The van der Waals surface area contributed by atoms with Crippen LogP contribution in [0.1, 0.15) is 0 Å². The zero-order valence-electron chi connectivity index (χ0n) is 8.70. The molecule has 0 unspecified atom stereocenters. The fraction of sp³-hybridized carbons (Fsp3) is 0. The van der Waals surface area contributed by atoms with Crippen LogP contribution in [-0.2, 0) is 0 Å². The summed E-state index contributed by atoms with van der Waals surface area (Å²) in [6, 6.07) is 8.70. The van der Waals surface area contributed by atoms with E-state index < -0.39 is 0 Å². The van der Waals surface area contributed by atoms with Crippen molar-refractivity contribution in [2.75, 3.05) is 0 Å². The van der Waals surface area contributed by atoms with Gasteiger partial charge in [-0.25, -0.2) is 4.52 Å². The molecule has 0 fully saturated rings. The molecule has 0 amide bonds. The Bertz CT molecular complexity index is 879. The predicted molar refractivity (Wildman–Crippen MR) is 65.8 cm³/mol. The lowest BCUT2D eigenvalue weighted by Gasteiger charge is -1.91. The molecule has 0 aliphatic carbocycles. The van der Waals surface area contributed by atoms with Crippen molar-refractivity contribution in [3.05, 3.63) is 61.2 Å². The highest BCUT2D eigenvalue weighted by molar-refractivity contribution is 7.07. The number of thiophene rings is 1. The molecule has 17 heavy (non-hydrogen) atoms. The van der Waals surface area contributed by atoms with Crippen LogP contribution in [0.15, 0.2) is 41.3 Å². The highest BCUT2D eigenvalue weighted by atomic mass is 32.1. The summed E-state index contributed by atoms with van der Waals surface area (Å²) in [5, 5.41) is 13.6. The molecule has 0 aliphatic heterocycles. The van der Waals surface area contributed by atoms with Gasteiger partial charge in [0.1, 0.15) is 5.35 Å². The molecule has 5 heteroatoms. The van der Waals surface area contributed by atoms with Crippen LogP contribution in [0.3, 0.4) is 0 Å². The van der Waals surface area contributed by atoms with Crippen LogP contribution in [0, 0.1) is 9.88 Å². The topological polar surface area (TPSA) is 54.6 Å². The van der Waals surface area contributed by atoms with Gasteiger partial charge in [-0.1, -0.05) is 0 Å². The summed E-state index contributed by atoms with van der Waals surface area (Å²) in [6.07, 6.45) is 2.69. The maximum absolute atomic E-state index is 11.9. The number of rotatable bonds is 0. The maximum Gasteiger partial charge on any atom is 0.205 e. The van der Waals surface area contributed by atoms with E-state index in [1.54, 1.807) is 22.8 Å². The largest absolute Gasteiger partial charge is 0.514 e. The zero-order chi connectivity index (χ0) is 11.8. The molecule has 3 aromatic heterocycles. The van der Waals surface area contributed by atoms with Crippen molar-refractivity contribution in [2.45, 2.75) is 0 Å². The van der Waals surface area contributed by atoms with Gasteiger partial charge in [0.25, 0.3) is 0 Å². The monoisotopic (exact) mass is 244 g/mol. The molecule has 0 atom stereocenters. The van der Waals surface area contributed by atoms with Crippen molar-refractivity contribution in [1.82, 2.24) is 9.61 Å². The third-order valence-electron chi connectivity index (χ3n) is 2.51. The van der Waals surface area contributed by atoms with Gasteiger partial charge in [-0.2, -0.15) is 5.10 Å². The van der Waals surface area contributed by atoms with E-state index in [1.165, 1.54) is 17.4 Å². The minimum absolute atomic E-state index is 0.0764. The predicted octanol–water partition coefficient (Wildman–Crippen LogP) is 1.06. The number of aliphatic hydroxyl groups is 1. The van der Waals surface area contributed by atoms with Crippen molar-refractivity contribution in [2.24, 2.45) is 0 Å². The molecule has 3 heterocycles. The van der Waals surface area contributed by atoms with Crippen LogP contribution >= 0.6 is 11.3 Å². The minimum atomic E-state index is -0.0764. The Morgan fingerprint density at radius 2 is 2.12 bits per heavy atom. The Morgan fingerprint density at radius 1 is 1.24 bits per heavy atom. The summed E-state index contributed by atoms with van der Waals surface area (Å²) in [6.45, 7) is 0. The van der Waals surface area contributed by atoms with Crippen LogP contribution in [0.4, 0.5) is 0 Å². The molecule has 0 radical (unpaired) electrons. The molecule has 1 N–H and O–H groups in total. The van der Waals surface area contributed by atoms with Crippen molar-refractivity contribution in [1.29, 1.82) is 0 Å². The van der Waals surface area contributed by atoms with Crippen LogP contribution < -0.4 is 9.96 Å². The Balaban J connectivity index is 2.69. The average molecular weight is 244 g/mol. The molecule has 0 saturated heterocycles. The molecule has 0 bridgehead atoms. The van der Waals surface area contributed by atoms with Gasteiger partial charge in [0.2, 0.25) is 5.43 Å². The summed E-state index contributed by atoms with van der Waals surface area (Å²) >= 11 is 1.35. The quantitative estimate of drug-likeness (QED) is 0.643. The Hall–Kier alpha value is -2.14. The number of hydrogen-bond donors (Lipinski definition) is 1. The molecular weight excluding hydrogens is 236 g/mol. The lowest BCUT2D eigenvalue weighted by atomic mass is 10.3. The number of hydrogen-bond acceptors (Lipinski definition) is 4. The number of aromatic nitrogens is 2. The van der Waals surface area contributed by atoms with Gasteiger partial charge in [0.05, 0.1) is 27.0 Å². The van der Waals surface area contributed by atoms with E-state index in [-0.39, 0.29) is 5.43 Å². The highest BCUT2D eigenvalue weighted by Crippen LogP contribution is 2.02. The second kappa shape index (κ2) is 3.71. The van der Waals surface area contributed by atoms with Crippen LogP contribution in [-0.4, -0.2) is 14.7 Å². The third-order valence-corrected chi connectivity index (χ3v) is 3.54. The fourth-order valence-electron chi connectivity index (χ4n) is 1.75. The van der Waals surface area contributed by atoms with Crippen molar-refractivity contribution < 1.29 is 5.11 Å². The Kier molecular flexibility index (Phi) is 2.19. The van der Waals surface area contributed by atoms with E-state index in [1.807, 2.05) is 12.1 Å². The first-order valence-electron chi connectivity index (χ1n) is 5.01. The lowest BCUT2D eigenvalue weighted by Crippen LogP contribution is -2.07. The maximum atomic E-state index is 11.9. The molecule has 3 rings (SSSR count). The van der Waals surface area contributed by atoms with Crippen molar-refractivity contribution in [3.63, 3.8) is 0 Å². The molecule has 0 saturated carbocycles. The van der Waals surface area contributed by atoms with Crippen LogP contribution in [0.25, 0.3) is 11.8 Å². The number of fused-ring (bicyclic) bond motifs is 1. The van der Waals surface area contributed by atoms with Crippen LogP contribution in [0.5, 0.6) is 0 Å². The highest BCUT2D eigenvalue weighted by Gasteiger charge is 2.00. The van der Waals surface area contributed by atoms with Crippen molar-refractivity contribution >= 4 is 23.1 Å². The van der Waals surface area contributed by atoms with Gasteiger partial charge in [-0.3, -0.25) is 4.79 Å². The Morgan fingerprint density at radius 3 is 2.88 bits per heavy atom. The van der Waals surface area contributed by atoms with E-state index in [0.29, 0.717) is 9.88 Å². The van der Waals surface area contributed by atoms with Crippen LogP contribution in [0.2, 0.25) is 0 Å². The summed E-state index contributed by atoms with van der Waals surface area (Å²) in [4.78, 5) is 11.9. The van der Waals surface area contributed by atoms with Gasteiger partial charge in [-0.15, -0.1) is 11.3 Å². The van der Waals surface area contributed by atoms with E-state index >= 15 is 0 Å². The fourth-order valence-corrected chi connectivity index (χ4v) is 2.61. The molecule has 3 aromatic rings. The smallest absolute Gasteiger partial charge is 0.205 e. The summed E-state index contributed by atoms with van der Waals surface area (Å²) in [7, 11) is 0. The lowest BCUT2D eigenvalue weighted by molar-refractivity contribution is 0.541. The first-order chi connectivity index (χ1) is 8.29. The first-order valence-corrected chi connectivity index (χ1v) is 5.82. The van der Waals surface area contributed by atoms with Gasteiger partial charge < -0.3 is 5.11 Å². The number of aliphatic hydroxyl groups excluding tert-OH is 1. The standard InChI is InChI=1S/C12H8N2O2S/c15-7-9-2-4-11(17-9)12-10(16)3-1-8-5-6-13-14(8)12/h1-7,15H/b9-7-,12-11-. The van der Waals surface area contributed by atoms with Gasteiger partial charge in [0, 0.05) is 0 Å². The molecule has 0 aliphatic rings. The molecule has 0 aromatic carbocycles. The minimum Gasteiger partial charge on any atom is -0.514 e. The van der Waals surface area contributed by atoms with E-state index in [4.69, 9.17) is 5.11 Å². The van der Waals surface area contributed by atoms with Gasteiger partial charge in [-0.05, 0) is 30.3 Å². The normalized spacial score (nSPS) is 14.5. The van der Waals surface area contributed by atoms with E-state index in [9.17, 15) is 4.79 Å². The molecular formula is C12H8N2O2S. The third kappa shape index (κ3) is 1.52. The van der Waals surface area contributed by atoms with Gasteiger partial charge >= 0.3 is 0 Å². The Labute approximate surface area is 99.4 Å².